The second-order valence-electron chi connectivity index (χ2n) is 1.49. The van der Waals surface area contributed by atoms with Gasteiger partial charge in [0.15, 0.2) is 0 Å². The van der Waals surface area contributed by atoms with E-state index in [2.05, 4.69) is 9.72 Å². The quantitative estimate of drug-likeness (QED) is 0.594. The Bertz CT molecular complexity index is 317. The second kappa shape index (κ2) is 2.35. The molecule has 0 aliphatic rings. The fourth-order valence-electron chi connectivity index (χ4n) is 0.488. The van der Waals surface area contributed by atoms with E-state index in [4.69, 9.17) is 4.11 Å². The Morgan fingerprint density at radius 1 is 1.89 bits per heavy atom. The summed E-state index contributed by atoms with van der Waals surface area (Å²) in [6.07, 6.45) is 1.32. The molecule has 0 amide bonds. The van der Waals surface area contributed by atoms with Gasteiger partial charge in [-0.15, -0.1) is 0 Å². The van der Waals surface area contributed by atoms with Crippen LogP contribution in [0.4, 0.5) is 0 Å². The first-order chi connectivity index (χ1) is 5.47. The largest absolute Gasteiger partial charge is 0.497 e. The number of aromatic nitrogens is 1. The minimum atomic E-state index is -2.51. The molecule has 0 aliphatic carbocycles. The van der Waals surface area contributed by atoms with Gasteiger partial charge < -0.3 is 9.72 Å². The van der Waals surface area contributed by atoms with Gasteiger partial charge in [0.25, 0.3) is 5.56 Å². The number of hydrogen-bond donors (Lipinski definition) is 1. The maximum absolute atomic E-state index is 10.7. The molecule has 0 saturated carbocycles. The number of methoxy groups -OCH3 is 1. The van der Waals surface area contributed by atoms with Gasteiger partial charge in [-0.25, -0.2) is 0 Å². The maximum Gasteiger partial charge on any atom is 0.251 e. The Kier molecular flexibility index (Phi) is 0.797. The number of ether oxygens (including phenoxy) is 1. The van der Waals surface area contributed by atoms with Gasteiger partial charge in [-0.2, -0.15) is 0 Å². The summed E-state index contributed by atoms with van der Waals surface area (Å²) < 4.78 is 24.7. The Balaban J connectivity index is 2.84. The van der Waals surface area contributed by atoms with Gasteiger partial charge in [-0.1, -0.05) is 0 Å². The predicted octanol–water partition coefficient (Wildman–Crippen LogP) is 0.383. The molecule has 0 aromatic carbocycles. The van der Waals surface area contributed by atoms with E-state index in [9.17, 15) is 4.79 Å². The Labute approximate surface area is 56.5 Å². The van der Waals surface area contributed by atoms with E-state index in [0.717, 1.165) is 6.07 Å². The van der Waals surface area contributed by atoms with Gasteiger partial charge in [0.05, 0.1) is 11.2 Å². The Morgan fingerprint density at radius 2 is 2.78 bits per heavy atom. The van der Waals surface area contributed by atoms with Gasteiger partial charge in [0, 0.05) is 12.3 Å². The van der Waals surface area contributed by atoms with Crippen LogP contribution in [0.1, 0.15) is 4.11 Å². The summed E-state index contributed by atoms with van der Waals surface area (Å²) >= 11 is 0. The Hall–Kier alpha value is -1.25. The fraction of sp³-hybridized carbons (Fsp3) is 0.167. The first kappa shape index (κ1) is 3.06. The van der Waals surface area contributed by atoms with E-state index in [1.165, 1.54) is 12.3 Å². The Morgan fingerprint density at radius 3 is 3.44 bits per heavy atom. The molecule has 0 fully saturated rings. The summed E-state index contributed by atoms with van der Waals surface area (Å²) in [6.45, 7) is 0. The molecule has 0 radical (unpaired) electrons. The highest BCUT2D eigenvalue weighted by molar-refractivity contribution is 5.16. The summed E-state index contributed by atoms with van der Waals surface area (Å²) in [6, 6.07) is 2.44. The summed E-state index contributed by atoms with van der Waals surface area (Å²) in [4.78, 5) is 13.0. The van der Waals surface area contributed by atoms with Crippen LogP contribution in [0, 0.1) is 0 Å². The van der Waals surface area contributed by atoms with Gasteiger partial charge >= 0.3 is 0 Å². The zero-order chi connectivity index (χ0) is 9.19. The summed E-state index contributed by atoms with van der Waals surface area (Å²) in [7, 11) is -2.51. The predicted molar refractivity (Wildman–Crippen MR) is 33.6 cm³/mol. The standard InChI is InChI=1S/C6H7NO2/c1-9-5-2-3-7-6(8)4-5/h2-4H,1H3,(H,7,8)/i1D3. The van der Waals surface area contributed by atoms with Crippen LogP contribution in [0.25, 0.3) is 0 Å². The van der Waals surface area contributed by atoms with E-state index < -0.39 is 12.6 Å². The normalized spacial score (nSPS) is 15.3. The minimum Gasteiger partial charge on any atom is -0.497 e. The van der Waals surface area contributed by atoms with E-state index in [1.807, 2.05) is 0 Å². The van der Waals surface area contributed by atoms with Crippen molar-refractivity contribution in [2.45, 2.75) is 0 Å². The molecule has 3 heteroatoms. The molecule has 1 aromatic rings. The molecule has 0 aliphatic heterocycles. The molecule has 0 atom stereocenters. The van der Waals surface area contributed by atoms with Crippen LogP contribution in [0.5, 0.6) is 5.75 Å². The first-order valence-corrected chi connectivity index (χ1v) is 2.35. The van der Waals surface area contributed by atoms with Crippen LogP contribution in [0.15, 0.2) is 23.1 Å². The van der Waals surface area contributed by atoms with E-state index in [0.29, 0.717) is 0 Å². The van der Waals surface area contributed by atoms with Crippen LogP contribution in [0.3, 0.4) is 0 Å². The van der Waals surface area contributed by atoms with Crippen molar-refractivity contribution in [2.24, 2.45) is 0 Å². The van der Waals surface area contributed by atoms with Crippen molar-refractivity contribution in [2.75, 3.05) is 7.04 Å². The van der Waals surface area contributed by atoms with E-state index in [-0.39, 0.29) is 5.75 Å². The third-order valence-corrected chi connectivity index (χ3v) is 0.864. The molecule has 0 bridgehead atoms. The van der Waals surface area contributed by atoms with Crippen LogP contribution < -0.4 is 10.3 Å². The minimum absolute atomic E-state index is 0.0405. The highest BCUT2D eigenvalue weighted by Crippen LogP contribution is 2.00. The number of H-pyrrole nitrogens is 1. The molecule has 3 nitrogen and oxygen atoms in total. The molecule has 0 spiro atoms. The molecule has 0 unspecified atom stereocenters. The smallest absolute Gasteiger partial charge is 0.251 e. The summed E-state index contributed by atoms with van der Waals surface area (Å²) in [5.74, 6) is 0.0405. The molecule has 1 rings (SSSR count). The highest BCUT2D eigenvalue weighted by Gasteiger charge is 1.86. The van der Waals surface area contributed by atoms with Crippen molar-refractivity contribution in [1.82, 2.24) is 4.98 Å². The molecule has 1 heterocycles. The zero-order valence-electron chi connectivity index (χ0n) is 7.55. The SMILES string of the molecule is [2H]C([2H])([2H])Oc1cc[nH]c(=O)c1. The molecule has 1 aromatic heterocycles. The number of pyridine rings is 1. The van der Waals surface area contributed by atoms with Crippen LogP contribution in [0.2, 0.25) is 0 Å². The fourth-order valence-corrected chi connectivity index (χ4v) is 0.488. The van der Waals surface area contributed by atoms with Crippen LogP contribution in [-0.4, -0.2) is 12.0 Å². The molecular weight excluding hydrogens is 118 g/mol. The molecule has 9 heavy (non-hydrogen) atoms. The van der Waals surface area contributed by atoms with Crippen molar-refractivity contribution in [3.8, 4) is 5.75 Å². The molecule has 0 saturated heterocycles. The summed E-state index contributed by atoms with van der Waals surface area (Å²) in [5, 5.41) is 0. The lowest BCUT2D eigenvalue weighted by Gasteiger charge is -1.93. The lowest BCUT2D eigenvalue weighted by Crippen LogP contribution is -2.01. The van der Waals surface area contributed by atoms with Crippen molar-refractivity contribution in [3.63, 3.8) is 0 Å². The van der Waals surface area contributed by atoms with Gasteiger partial charge in [0.2, 0.25) is 0 Å². The van der Waals surface area contributed by atoms with Crippen LogP contribution >= 0.6 is 0 Å². The number of hydrogen-bond acceptors (Lipinski definition) is 2. The van der Waals surface area contributed by atoms with E-state index in [1.54, 1.807) is 0 Å². The van der Waals surface area contributed by atoms with Crippen molar-refractivity contribution < 1.29 is 8.85 Å². The number of nitrogens with one attached hydrogen (secondary N) is 1. The van der Waals surface area contributed by atoms with E-state index >= 15 is 0 Å². The third-order valence-electron chi connectivity index (χ3n) is 0.864. The highest BCUT2D eigenvalue weighted by atomic mass is 16.5. The first-order valence-electron chi connectivity index (χ1n) is 3.85. The van der Waals surface area contributed by atoms with Gasteiger partial charge in [-0.3, -0.25) is 4.79 Å². The molecule has 48 valence electrons. The van der Waals surface area contributed by atoms with Crippen molar-refractivity contribution >= 4 is 0 Å². The van der Waals surface area contributed by atoms with Crippen LogP contribution in [-0.2, 0) is 0 Å². The lowest BCUT2D eigenvalue weighted by atomic mass is 10.4. The zero-order valence-corrected chi connectivity index (χ0v) is 4.55. The van der Waals surface area contributed by atoms with Gasteiger partial charge in [-0.05, 0) is 6.07 Å². The topological polar surface area (TPSA) is 42.1 Å². The molecule has 1 N–H and O–H groups in total. The number of rotatable bonds is 1. The average Bonchev–Trinajstić information content (AvgIpc) is 1.82. The molecular formula is C6H7NO2. The third kappa shape index (κ3) is 1.32. The number of aromatic amines is 1. The second-order valence-corrected chi connectivity index (χ2v) is 1.49. The lowest BCUT2D eigenvalue weighted by molar-refractivity contribution is 0.413. The van der Waals surface area contributed by atoms with Gasteiger partial charge in [0.1, 0.15) is 5.75 Å². The monoisotopic (exact) mass is 128 g/mol. The van der Waals surface area contributed by atoms with Crippen molar-refractivity contribution in [1.29, 1.82) is 0 Å². The maximum atomic E-state index is 10.7. The summed E-state index contributed by atoms with van der Waals surface area (Å²) in [5.41, 5.74) is -0.392. The van der Waals surface area contributed by atoms with Crippen molar-refractivity contribution in [3.05, 3.63) is 28.7 Å². The average molecular weight is 128 g/mol.